The van der Waals surface area contributed by atoms with Gasteiger partial charge in [0.2, 0.25) is 0 Å². The number of carbonyl (C=O) groups is 1. The molecule has 0 radical (unpaired) electrons. The fourth-order valence-electron chi connectivity index (χ4n) is 1.15. The number of esters is 1. The molecule has 1 aromatic carbocycles. The largest absolute Gasteiger partial charge is 0.457 e. The molecule has 1 heterocycles. The van der Waals surface area contributed by atoms with Gasteiger partial charge in [-0.15, -0.1) is 0 Å². The van der Waals surface area contributed by atoms with Crippen LogP contribution in [-0.4, -0.2) is 29.8 Å². The van der Waals surface area contributed by atoms with Crippen molar-refractivity contribution in [2.24, 2.45) is 0 Å². The minimum atomic E-state index is -3.49. The highest BCUT2D eigenvalue weighted by molar-refractivity contribution is 9.10. The van der Waals surface area contributed by atoms with Crippen molar-refractivity contribution in [1.29, 1.82) is 0 Å². The first-order valence-corrected chi connectivity index (χ1v) is 5.49. The summed E-state index contributed by atoms with van der Waals surface area (Å²) in [5.41, 5.74) is 0.529. The average Bonchev–Trinajstić information content (AvgIpc) is 2.57. The molecular weight excluding hydrogens is 288 g/mol. The Labute approximate surface area is 116 Å². The van der Waals surface area contributed by atoms with E-state index in [1.807, 2.05) is 0 Å². The molecule has 2 atom stereocenters. The standard InChI is InChI=1S/C12H13BrO4/c13-9-3-1-8(2-4-9)6-16-7-11-10(14)5-12(15)17-11/h1-4,10-11,14H,5-7H2/t10-,11+/m0/s1/i5D2,7D2,10D,11D. The topological polar surface area (TPSA) is 55.8 Å². The van der Waals surface area contributed by atoms with Crippen LogP contribution >= 0.6 is 15.9 Å². The van der Waals surface area contributed by atoms with E-state index in [-0.39, 0.29) is 6.61 Å². The number of hydrogen-bond donors (Lipinski definition) is 1. The summed E-state index contributed by atoms with van der Waals surface area (Å²) in [6.07, 6.45) is -10.0. The third kappa shape index (κ3) is 3.52. The van der Waals surface area contributed by atoms with E-state index in [1.54, 1.807) is 24.3 Å². The van der Waals surface area contributed by atoms with Crippen molar-refractivity contribution in [3.8, 4) is 0 Å². The summed E-state index contributed by atoms with van der Waals surface area (Å²) in [4.78, 5) is 11.5. The molecule has 1 saturated heterocycles. The van der Waals surface area contributed by atoms with E-state index >= 15 is 0 Å². The lowest BCUT2D eigenvalue weighted by atomic mass is 10.2. The molecular formula is C12H13BrO4. The second-order valence-corrected chi connectivity index (χ2v) is 4.13. The molecule has 0 aromatic heterocycles. The van der Waals surface area contributed by atoms with Crippen molar-refractivity contribution in [3.05, 3.63) is 34.3 Å². The van der Waals surface area contributed by atoms with Crippen molar-refractivity contribution in [2.45, 2.75) is 25.1 Å². The van der Waals surface area contributed by atoms with Gasteiger partial charge in [0.1, 0.15) is 6.08 Å². The molecule has 92 valence electrons. The zero-order chi connectivity index (χ0) is 17.7. The van der Waals surface area contributed by atoms with Crippen LogP contribution in [0.25, 0.3) is 0 Å². The van der Waals surface area contributed by atoms with Crippen molar-refractivity contribution in [2.75, 3.05) is 6.56 Å². The normalized spacial score (nSPS) is 41.4. The van der Waals surface area contributed by atoms with Crippen molar-refractivity contribution in [1.82, 2.24) is 0 Å². The first-order chi connectivity index (χ1) is 10.3. The van der Waals surface area contributed by atoms with Crippen molar-refractivity contribution in [3.63, 3.8) is 0 Å². The number of ether oxygens (including phenoxy) is 2. The fourth-order valence-corrected chi connectivity index (χ4v) is 1.42. The minimum Gasteiger partial charge on any atom is -0.457 e. The van der Waals surface area contributed by atoms with E-state index in [2.05, 4.69) is 20.7 Å². The molecule has 1 aliphatic heterocycles. The van der Waals surface area contributed by atoms with Gasteiger partial charge in [0.15, 0.2) is 6.08 Å². The van der Waals surface area contributed by atoms with E-state index < -0.39 is 31.1 Å². The molecule has 5 heteroatoms. The Morgan fingerprint density at radius 2 is 2.35 bits per heavy atom. The quantitative estimate of drug-likeness (QED) is 0.859. The van der Waals surface area contributed by atoms with Gasteiger partial charge >= 0.3 is 5.97 Å². The summed E-state index contributed by atoms with van der Waals surface area (Å²) in [5.74, 6) is -1.69. The fraction of sp³-hybridized carbons (Fsp3) is 0.417. The highest BCUT2D eigenvalue weighted by Crippen LogP contribution is 2.16. The Balaban J connectivity index is 2.24. The van der Waals surface area contributed by atoms with Crippen LogP contribution in [0.4, 0.5) is 0 Å². The van der Waals surface area contributed by atoms with Gasteiger partial charge < -0.3 is 14.6 Å². The molecule has 0 bridgehead atoms. The maximum absolute atomic E-state index is 11.5. The van der Waals surface area contributed by atoms with Crippen LogP contribution in [0.5, 0.6) is 0 Å². The summed E-state index contributed by atoms with van der Waals surface area (Å²) < 4.78 is 55.7. The van der Waals surface area contributed by atoms with Crippen LogP contribution in [0.15, 0.2) is 28.7 Å². The van der Waals surface area contributed by atoms with Crippen LogP contribution in [0.1, 0.15) is 20.2 Å². The molecule has 0 unspecified atom stereocenters. The lowest BCUT2D eigenvalue weighted by Crippen LogP contribution is -2.26. The predicted octanol–water partition coefficient (Wildman–Crippen LogP) is 1.64. The molecule has 0 saturated carbocycles. The Hall–Kier alpha value is -0.910. The second kappa shape index (κ2) is 5.62. The van der Waals surface area contributed by atoms with Gasteiger partial charge in [-0.05, 0) is 17.7 Å². The summed E-state index contributed by atoms with van der Waals surface area (Å²) >= 11 is 3.23. The highest BCUT2D eigenvalue weighted by Gasteiger charge is 2.33. The molecule has 1 fully saturated rings. The van der Waals surface area contributed by atoms with Gasteiger partial charge in [-0.25, -0.2) is 0 Å². The smallest absolute Gasteiger partial charge is 0.309 e. The Bertz CT molecular complexity index is 620. The Kier molecular flexibility index (Phi) is 2.27. The van der Waals surface area contributed by atoms with Crippen LogP contribution < -0.4 is 0 Å². The zero-order valence-corrected chi connectivity index (χ0v) is 10.2. The second-order valence-electron chi connectivity index (χ2n) is 3.21. The van der Waals surface area contributed by atoms with Gasteiger partial charge in [0, 0.05) is 7.21 Å². The summed E-state index contributed by atoms with van der Waals surface area (Å²) in [7, 11) is 0. The van der Waals surface area contributed by atoms with Crippen LogP contribution in [0.2, 0.25) is 0 Å². The van der Waals surface area contributed by atoms with Crippen LogP contribution in [0, 0.1) is 0 Å². The molecule has 0 aliphatic carbocycles. The monoisotopic (exact) mass is 306 g/mol. The zero-order valence-electron chi connectivity index (χ0n) is 14.6. The van der Waals surface area contributed by atoms with Crippen molar-refractivity contribution >= 4 is 21.9 Å². The molecule has 1 aliphatic rings. The van der Waals surface area contributed by atoms with Gasteiger partial charge in [0.05, 0.1) is 25.0 Å². The van der Waals surface area contributed by atoms with Crippen molar-refractivity contribution < 1.29 is 27.6 Å². The molecule has 0 amide bonds. The molecule has 0 spiro atoms. The van der Waals surface area contributed by atoms with E-state index in [1.165, 1.54) is 0 Å². The highest BCUT2D eigenvalue weighted by atomic mass is 79.9. The summed E-state index contributed by atoms with van der Waals surface area (Å²) in [6.45, 7) is -3.46. The van der Waals surface area contributed by atoms with Gasteiger partial charge in [-0.3, -0.25) is 4.79 Å². The van der Waals surface area contributed by atoms with Gasteiger partial charge in [-0.2, -0.15) is 0 Å². The van der Waals surface area contributed by atoms with Gasteiger partial charge in [0.25, 0.3) is 0 Å². The van der Waals surface area contributed by atoms with E-state index in [4.69, 9.17) is 13.0 Å². The van der Waals surface area contributed by atoms with Crippen LogP contribution in [-0.2, 0) is 20.9 Å². The molecule has 4 nitrogen and oxygen atoms in total. The lowest BCUT2D eigenvalue weighted by Gasteiger charge is -2.13. The molecule has 17 heavy (non-hydrogen) atoms. The summed E-state index contributed by atoms with van der Waals surface area (Å²) in [6, 6.07) is 6.59. The maximum Gasteiger partial charge on any atom is 0.309 e. The molecule has 1 aromatic rings. The summed E-state index contributed by atoms with van der Waals surface area (Å²) in [5, 5.41) is 9.91. The van der Waals surface area contributed by atoms with E-state index in [0.717, 1.165) is 4.47 Å². The lowest BCUT2D eigenvalue weighted by molar-refractivity contribution is -0.144. The first kappa shape index (κ1) is 6.87. The van der Waals surface area contributed by atoms with E-state index in [9.17, 15) is 9.90 Å². The number of halogens is 1. The third-order valence-corrected chi connectivity index (χ3v) is 2.48. The predicted molar refractivity (Wildman–Crippen MR) is 64.3 cm³/mol. The van der Waals surface area contributed by atoms with Gasteiger partial charge in [-0.1, -0.05) is 28.1 Å². The van der Waals surface area contributed by atoms with Crippen LogP contribution in [0.3, 0.4) is 0 Å². The maximum atomic E-state index is 11.5. The number of carbonyl (C=O) groups excluding carboxylic acids is 1. The molecule has 2 rings (SSSR count). The number of cyclic esters (lactones) is 1. The molecule has 1 N–H and O–H groups in total. The number of rotatable bonds is 4. The minimum absolute atomic E-state index is 0.336. The number of aliphatic hydroxyl groups is 1. The average molecular weight is 307 g/mol. The number of benzene rings is 1. The third-order valence-electron chi connectivity index (χ3n) is 1.95. The first-order valence-electron chi connectivity index (χ1n) is 7.69. The Morgan fingerprint density at radius 3 is 2.94 bits per heavy atom. The van der Waals surface area contributed by atoms with E-state index in [0.29, 0.717) is 5.56 Å². The Morgan fingerprint density at radius 1 is 1.65 bits per heavy atom. The number of hydrogen-bond acceptors (Lipinski definition) is 4. The SMILES string of the molecule is [2H]C1([2H])C(=O)O[C@]([2H])(C([2H])([2H])OCc2ccc(Br)cc2)[C@@]1([2H])O.